The normalized spacial score (nSPS) is 14.3. The second-order valence-corrected chi connectivity index (χ2v) is 5.06. The zero-order valence-electron chi connectivity index (χ0n) is 10.9. The Morgan fingerprint density at radius 2 is 2.33 bits per heavy atom. The third kappa shape index (κ3) is 2.72. The average Bonchev–Trinajstić information content (AvgIpc) is 2.88. The summed E-state index contributed by atoms with van der Waals surface area (Å²) in [6, 6.07) is 6.89. The number of nitriles is 1. The Kier molecular flexibility index (Phi) is 3.56. The van der Waals surface area contributed by atoms with E-state index < -0.39 is 0 Å². The largest absolute Gasteiger partial charge is 0.319 e. The van der Waals surface area contributed by atoms with Crippen LogP contribution in [0.15, 0.2) is 24.4 Å². The summed E-state index contributed by atoms with van der Waals surface area (Å²) in [5.41, 5.74) is 1.09. The van der Waals surface area contributed by atoms with E-state index in [0.29, 0.717) is 16.3 Å². The maximum atomic E-state index is 12.1. The highest BCUT2D eigenvalue weighted by atomic mass is 35.5. The zero-order chi connectivity index (χ0) is 14.8. The second-order valence-electron chi connectivity index (χ2n) is 4.66. The third-order valence-electron chi connectivity index (χ3n) is 3.22. The van der Waals surface area contributed by atoms with Gasteiger partial charge in [-0.3, -0.25) is 4.79 Å². The summed E-state index contributed by atoms with van der Waals surface area (Å²) >= 11 is 6.01. The number of halogens is 1. The van der Waals surface area contributed by atoms with Gasteiger partial charge < -0.3 is 10.6 Å². The molecule has 2 N–H and O–H groups in total. The van der Waals surface area contributed by atoms with E-state index in [2.05, 4.69) is 20.9 Å². The lowest BCUT2D eigenvalue weighted by atomic mass is 10.2. The molecule has 0 bridgehead atoms. The van der Waals surface area contributed by atoms with Crippen molar-refractivity contribution >= 4 is 23.2 Å². The molecule has 0 atom stereocenters. The van der Waals surface area contributed by atoms with Gasteiger partial charge in [-0.05, 0) is 18.2 Å². The minimum absolute atomic E-state index is 0.224. The van der Waals surface area contributed by atoms with Gasteiger partial charge in [-0.1, -0.05) is 16.8 Å². The van der Waals surface area contributed by atoms with Gasteiger partial charge in [0.25, 0.3) is 5.91 Å². The SMILES string of the molecule is N#Cc1ccc(NC(=O)c2cn(C3CNC3)nn2)c(Cl)c1. The van der Waals surface area contributed by atoms with Gasteiger partial charge in [-0.2, -0.15) is 5.26 Å². The lowest BCUT2D eigenvalue weighted by Gasteiger charge is -2.26. The highest BCUT2D eigenvalue weighted by Gasteiger charge is 2.21. The Labute approximate surface area is 125 Å². The van der Waals surface area contributed by atoms with Crippen molar-refractivity contribution in [2.24, 2.45) is 0 Å². The maximum Gasteiger partial charge on any atom is 0.277 e. The van der Waals surface area contributed by atoms with Crippen molar-refractivity contribution in [2.75, 3.05) is 18.4 Å². The molecule has 0 spiro atoms. The smallest absolute Gasteiger partial charge is 0.277 e. The van der Waals surface area contributed by atoms with Crippen LogP contribution in [0.1, 0.15) is 22.1 Å². The Morgan fingerprint density at radius 3 is 2.95 bits per heavy atom. The number of hydrogen-bond donors (Lipinski definition) is 2. The second kappa shape index (κ2) is 5.52. The van der Waals surface area contributed by atoms with Crippen molar-refractivity contribution in [1.82, 2.24) is 20.3 Å². The number of anilines is 1. The molecule has 0 radical (unpaired) electrons. The Bertz CT molecular complexity index is 731. The molecule has 2 heterocycles. The van der Waals surface area contributed by atoms with Crippen LogP contribution in [0.2, 0.25) is 5.02 Å². The van der Waals surface area contributed by atoms with Crippen molar-refractivity contribution < 1.29 is 4.79 Å². The monoisotopic (exact) mass is 302 g/mol. The van der Waals surface area contributed by atoms with Crippen LogP contribution in [0.5, 0.6) is 0 Å². The van der Waals surface area contributed by atoms with Crippen molar-refractivity contribution in [3.05, 3.63) is 40.7 Å². The van der Waals surface area contributed by atoms with Crippen molar-refractivity contribution in [1.29, 1.82) is 5.26 Å². The first-order valence-corrected chi connectivity index (χ1v) is 6.68. The molecular weight excluding hydrogens is 292 g/mol. The Balaban J connectivity index is 1.74. The van der Waals surface area contributed by atoms with Gasteiger partial charge in [0.2, 0.25) is 0 Å². The summed E-state index contributed by atoms with van der Waals surface area (Å²) in [7, 11) is 0. The van der Waals surface area contributed by atoms with E-state index >= 15 is 0 Å². The fourth-order valence-electron chi connectivity index (χ4n) is 1.89. The predicted octanol–water partition coefficient (Wildman–Crippen LogP) is 1.20. The molecule has 21 heavy (non-hydrogen) atoms. The van der Waals surface area contributed by atoms with Gasteiger partial charge in [0.15, 0.2) is 5.69 Å². The van der Waals surface area contributed by atoms with Gasteiger partial charge in [-0.25, -0.2) is 4.68 Å². The van der Waals surface area contributed by atoms with Crippen molar-refractivity contribution in [2.45, 2.75) is 6.04 Å². The Hall–Kier alpha value is -2.43. The highest BCUT2D eigenvalue weighted by molar-refractivity contribution is 6.34. The van der Waals surface area contributed by atoms with Crippen LogP contribution in [0, 0.1) is 11.3 Å². The summed E-state index contributed by atoms with van der Waals surface area (Å²) in [5.74, 6) is -0.389. The number of nitrogens with one attached hydrogen (secondary N) is 2. The average molecular weight is 303 g/mol. The molecule has 1 amide bonds. The molecule has 0 saturated carbocycles. The number of amides is 1. The van der Waals surface area contributed by atoms with E-state index in [1.54, 1.807) is 23.0 Å². The lowest BCUT2D eigenvalue weighted by Crippen LogP contribution is -2.43. The fraction of sp³-hybridized carbons (Fsp3) is 0.231. The quantitative estimate of drug-likeness (QED) is 0.888. The molecule has 0 aliphatic carbocycles. The minimum atomic E-state index is -0.389. The molecule has 2 aromatic rings. The summed E-state index contributed by atoms with van der Waals surface area (Å²) in [4.78, 5) is 12.1. The maximum absolute atomic E-state index is 12.1. The first-order chi connectivity index (χ1) is 10.2. The first kappa shape index (κ1) is 13.5. The standard InChI is InChI=1S/C13H11ClN6O/c14-10-3-8(4-15)1-2-11(10)17-13(21)12-7-20(19-18-12)9-5-16-6-9/h1-3,7,9,16H,5-6H2,(H,17,21). The molecule has 1 fully saturated rings. The number of carbonyl (C=O) groups excluding carboxylic acids is 1. The molecule has 8 heteroatoms. The van der Waals surface area contributed by atoms with E-state index in [0.717, 1.165) is 13.1 Å². The number of aromatic nitrogens is 3. The van der Waals surface area contributed by atoms with Gasteiger partial charge in [0, 0.05) is 13.1 Å². The summed E-state index contributed by atoms with van der Waals surface area (Å²) in [6.07, 6.45) is 1.61. The zero-order valence-corrected chi connectivity index (χ0v) is 11.6. The number of nitrogens with zero attached hydrogens (tertiary/aromatic N) is 4. The Morgan fingerprint density at radius 1 is 1.52 bits per heavy atom. The van der Waals surface area contributed by atoms with Gasteiger partial charge in [0.1, 0.15) is 0 Å². The van der Waals surface area contributed by atoms with E-state index in [1.807, 2.05) is 6.07 Å². The van der Waals surface area contributed by atoms with Gasteiger partial charge in [0.05, 0.1) is 34.6 Å². The van der Waals surface area contributed by atoms with Crippen LogP contribution >= 0.6 is 11.6 Å². The topological polar surface area (TPSA) is 95.6 Å². The molecule has 106 valence electrons. The van der Waals surface area contributed by atoms with Crippen LogP contribution in [0.3, 0.4) is 0 Å². The van der Waals surface area contributed by atoms with Gasteiger partial charge in [-0.15, -0.1) is 5.10 Å². The number of carbonyl (C=O) groups is 1. The number of hydrogen-bond acceptors (Lipinski definition) is 5. The first-order valence-electron chi connectivity index (χ1n) is 6.31. The predicted molar refractivity (Wildman–Crippen MR) is 76.0 cm³/mol. The van der Waals surface area contributed by atoms with Crippen LogP contribution in [-0.4, -0.2) is 34.0 Å². The highest BCUT2D eigenvalue weighted by Crippen LogP contribution is 2.23. The summed E-state index contributed by atoms with van der Waals surface area (Å²) < 4.78 is 1.67. The fourth-order valence-corrected chi connectivity index (χ4v) is 2.12. The van der Waals surface area contributed by atoms with E-state index in [9.17, 15) is 4.79 Å². The van der Waals surface area contributed by atoms with Crippen LogP contribution in [0.25, 0.3) is 0 Å². The van der Waals surface area contributed by atoms with Crippen LogP contribution < -0.4 is 10.6 Å². The van der Waals surface area contributed by atoms with E-state index in [-0.39, 0.29) is 17.6 Å². The van der Waals surface area contributed by atoms with Crippen molar-refractivity contribution in [3.8, 4) is 6.07 Å². The number of benzene rings is 1. The molecule has 1 aliphatic heterocycles. The van der Waals surface area contributed by atoms with Gasteiger partial charge >= 0.3 is 0 Å². The molecule has 3 rings (SSSR count). The minimum Gasteiger partial charge on any atom is -0.319 e. The summed E-state index contributed by atoms with van der Waals surface area (Å²) in [5, 5.41) is 22.7. The molecule has 1 aromatic carbocycles. The van der Waals surface area contributed by atoms with Crippen molar-refractivity contribution in [3.63, 3.8) is 0 Å². The molecule has 1 aliphatic rings. The van der Waals surface area contributed by atoms with E-state index in [4.69, 9.17) is 16.9 Å². The number of rotatable bonds is 3. The summed E-state index contributed by atoms with van der Waals surface area (Å²) in [6.45, 7) is 1.65. The van der Waals surface area contributed by atoms with E-state index in [1.165, 1.54) is 6.07 Å². The van der Waals surface area contributed by atoms with Crippen LogP contribution in [-0.2, 0) is 0 Å². The third-order valence-corrected chi connectivity index (χ3v) is 3.54. The lowest BCUT2D eigenvalue weighted by molar-refractivity contribution is 0.102. The molecule has 1 aromatic heterocycles. The molecule has 7 nitrogen and oxygen atoms in total. The van der Waals surface area contributed by atoms with Crippen LogP contribution in [0.4, 0.5) is 5.69 Å². The molecular formula is C13H11ClN6O. The molecule has 0 unspecified atom stereocenters. The molecule has 1 saturated heterocycles.